The van der Waals surface area contributed by atoms with Crippen LogP contribution in [0.15, 0.2) is 6.07 Å². The Morgan fingerprint density at radius 1 is 1.22 bits per heavy atom. The van der Waals surface area contributed by atoms with Crippen molar-refractivity contribution in [2.24, 2.45) is 0 Å². The topological polar surface area (TPSA) is 43.6 Å². The van der Waals surface area contributed by atoms with Crippen LogP contribution in [-0.4, -0.2) is 19.1 Å². The fourth-order valence-electron chi connectivity index (χ4n) is 1.67. The predicted molar refractivity (Wildman–Crippen MR) is 74.5 cm³/mol. The Labute approximate surface area is 112 Å². The van der Waals surface area contributed by atoms with Crippen LogP contribution in [0.5, 0.6) is 0 Å². The van der Waals surface area contributed by atoms with Crippen molar-refractivity contribution in [1.82, 2.24) is 19.1 Å². The lowest BCUT2D eigenvalue weighted by Gasteiger charge is -2.12. The van der Waals surface area contributed by atoms with Gasteiger partial charge in [0.25, 0.3) is 0 Å². The first-order valence-electron chi connectivity index (χ1n) is 6.38. The highest BCUT2D eigenvalue weighted by molar-refractivity contribution is 7.08. The van der Waals surface area contributed by atoms with E-state index in [4.69, 9.17) is 0 Å². The van der Waals surface area contributed by atoms with Gasteiger partial charge in [0.15, 0.2) is 0 Å². The van der Waals surface area contributed by atoms with E-state index in [-0.39, 0.29) is 5.41 Å². The number of rotatable bonds is 3. The lowest BCUT2D eigenvalue weighted by Crippen LogP contribution is -2.13. The second kappa shape index (κ2) is 4.80. The van der Waals surface area contributed by atoms with E-state index in [1.165, 1.54) is 17.2 Å². The van der Waals surface area contributed by atoms with E-state index in [9.17, 15) is 0 Å². The Morgan fingerprint density at radius 3 is 2.44 bits per heavy atom. The van der Waals surface area contributed by atoms with E-state index in [0.717, 1.165) is 29.5 Å². The van der Waals surface area contributed by atoms with E-state index in [1.807, 2.05) is 4.68 Å². The second-order valence-corrected chi connectivity index (χ2v) is 6.13. The van der Waals surface area contributed by atoms with E-state index < -0.39 is 0 Å². The number of hydrogen-bond donors (Lipinski definition) is 0. The van der Waals surface area contributed by atoms with Crippen molar-refractivity contribution >= 4 is 11.5 Å². The van der Waals surface area contributed by atoms with Crippen LogP contribution < -0.4 is 0 Å². The molecule has 2 aromatic heterocycles. The fraction of sp³-hybridized carbons (Fsp3) is 0.615. The van der Waals surface area contributed by atoms with Crippen molar-refractivity contribution in [2.45, 2.75) is 52.9 Å². The van der Waals surface area contributed by atoms with Crippen molar-refractivity contribution in [3.8, 4) is 5.13 Å². The van der Waals surface area contributed by atoms with Crippen LogP contribution in [0.4, 0.5) is 0 Å². The Balaban J connectivity index is 2.42. The standard InChI is InChI=1S/C13H20N4S/c1-6-9-8-10(7-2)17(15-9)12-14-11(16-18-12)13(3,4)5/h8H,6-7H2,1-5H3. The maximum absolute atomic E-state index is 4.62. The van der Waals surface area contributed by atoms with Crippen LogP contribution in [0.25, 0.3) is 5.13 Å². The first-order chi connectivity index (χ1) is 8.45. The minimum Gasteiger partial charge on any atom is -0.209 e. The zero-order chi connectivity index (χ0) is 13.3. The van der Waals surface area contributed by atoms with Crippen molar-refractivity contribution in [3.05, 3.63) is 23.3 Å². The van der Waals surface area contributed by atoms with Gasteiger partial charge >= 0.3 is 0 Å². The number of nitrogens with zero attached hydrogens (tertiary/aromatic N) is 4. The van der Waals surface area contributed by atoms with Crippen LogP contribution in [0.3, 0.4) is 0 Å². The lowest BCUT2D eigenvalue weighted by atomic mass is 9.96. The SMILES string of the molecule is CCc1cc(CC)n(-c2nc(C(C)(C)C)ns2)n1. The van der Waals surface area contributed by atoms with Crippen molar-refractivity contribution < 1.29 is 0 Å². The first-order valence-corrected chi connectivity index (χ1v) is 7.15. The molecule has 2 aromatic rings. The molecule has 2 heterocycles. The molecule has 0 aliphatic carbocycles. The quantitative estimate of drug-likeness (QED) is 0.855. The number of aryl methyl sites for hydroxylation is 2. The summed E-state index contributed by atoms with van der Waals surface area (Å²) in [6.07, 6.45) is 1.91. The van der Waals surface area contributed by atoms with Gasteiger partial charge in [0, 0.05) is 22.6 Å². The van der Waals surface area contributed by atoms with Crippen LogP contribution in [0, 0.1) is 0 Å². The van der Waals surface area contributed by atoms with Gasteiger partial charge < -0.3 is 0 Å². The van der Waals surface area contributed by atoms with E-state index in [0.29, 0.717) is 0 Å². The van der Waals surface area contributed by atoms with E-state index in [1.54, 1.807) is 0 Å². The summed E-state index contributed by atoms with van der Waals surface area (Å²) in [6, 6.07) is 2.15. The monoisotopic (exact) mass is 264 g/mol. The van der Waals surface area contributed by atoms with E-state index in [2.05, 4.69) is 55.1 Å². The van der Waals surface area contributed by atoms with Gasteiger partial charge in [-0.05, 0) is 18.9 Å². The molecule has 0 aromatic carbocycles. The molecule has 0 aliphatic heterocycles. The highest BCUT2D eigenvalue weighted by Gasteiger charge is 2.21. The van der Waals surface area contributed by atoms with Gasteiger partial charge in [-0.1, -0.05) is 34.6 Å². The molecule has 0 bridgehead atoms. The average molecular weight is 264 g/mol. The molecule has 0 saturated carbocycles. The van der Waals surface area contributed by atoms with Crippen molar-refractivity contribution in [2.75, 3.05) is 0 Å². The third-order valence-electron chi connectivity index (χ3n) is 2.83. The summed E-state index contributed by atoms with van der Waals surface area (Å²) in [6.45, 7) is 10.6. The Bertz CT molecular complexity index is 533. The van der Waals surface area contributed by atoms with Crippen LogP contribution in [0.1, 0.15) is 51.8 Å². The first kappa shape index (κ1) is 13.2. The third-order valence-corrected chi connectivity index (χ3v) is 3.52. The molecule has 0 atom stereocenters. The Kier molecular flexibility index (Phi) is 3.52. The summed E-state index contributed by atoms with van der Waals surface area (Å²) in [5, 5.41) is 5.46. The molecular formula is C13H20N4S. The normalized spacial score (nSPS) is 12.1. The van der Waals surface area contributed by atoms with Crippen LogP contribution in [0.2, 0.25) is 0 Å². The molecule has 0 spiro atoms. The molecule has 5 heteroatoms. The summed E-state index contributed by atoms with van der Waals surface area (Å²) in [7, 11) is 0. The van der Waals surface area contributed by atoms with Crippen LogP contribution >= 0.6 is 11.5 Å². The molecule has 0 unspecified atom stereocenters. The fourth-order valence-corrected chi connectivity index (χ4v) is 2.52. The largest absolute Gasteiger partial charge is 0.230 e. The highest BCUT2D eigenvalue weighted by Crippen LogP contribution is 2.23. The summed E-state index contributed by atoms with van der Waals surface area (Å²) in [4.78, 5) is 4.62. The molecule has 0 fully saturated rings. The minimum atomic E-state index is -0.0120. The van der Waals surface area contributed by atoms with Gasteiger partial charge in [-0.2, -0.15) is 9.47 Å². The maximum Gasteiger partial charge on any atom is 0.230 e. The van der Waals surface area contributed by atoms with Crippen molar-refractivity contribution in [1.29, 1.82) is 0 Å². The molecule has 98 valence electrons. The summed E-state index contributed by atoms with van der Waals surface area (Å²) in [5.74, 6) is 0.887. The Hall–Kier alpha value is -1.23. The van der Waals surface area contributed by atoms with Gasteiger partial charge in [0.2, 0.25) is 5.13 Å². The molecule has 0 amide bonds. The summed E-state index contributed by atoms with van der Waals surface area (Å²) < 4.78 is 6.38. The maximum atomic E-state index is 4.62. The lowest BCUT2D eigenvalue weighted by molar-refractivity contribution is 0.552. The average Bonchev–Trinajstić information content (AvgIpc) is 2.94. The van der Waals surface area contributed by atoms with Gasteiger partial charge in [0.1, 0.15) is 5.82 Å². The Morgan fingerprint density at radius 2 is 1.94 bits per heavy atom. The second-order valence-electron chi connectivity index (χ2n) is 5.40. The number of hydrogen-bond acceptors (Lipinski definition) is 4. The van der Waals surface area contributed by atoms with Gasteiger partial charge in [-0.3, -0.25) is 0 Å². The molecular weight excluding hydrogens is 244 g/mol. The molecule has 0 N–H and O–H groups in total. The molecule has 4 nitrogen and oxygen atoms in total. The van der Waals surface area contributed by atoms with Gasteiger partial charge in [0.05, 0.1) is 5.69 Å². The summed E-state index contributed by atoms with van der Waals surface area (Å²) in [5.41, 5.74) is 2.30. The molecule has 0 saturated heterocycles. The third kappa shape index (κ3) is 2.46. The van der Waals surface area contributed by atoms with Gasteiger partial charge in [-0.25, -0.2) is 9.67 Å². The van der Waals surface area contributed by atoms with Gasteiger partial charge in [-0.15, -0.1) is 0 Å². The molecule has 0 radical (unpaired) electrons. The van der Waals surface area contributed by atoms with E-state index >= 15 is 0 Å². The highest BCUT2D eigenvalue weighted by atomic mass is 32.1. The molecule has 0 aliphatic rings. The minimum absolute atomic E-state index is 0.0120. The molecule has 18 heavy (non-hydrogen) atoms. The smallest absolute Gasteiger partial charge is 0.209 e. The number of aromatic nitrogens is 4. The summed E-state index contributed by atoms with van der Waals surface area (Å²) >= 11 is 1.42. The zero-order valence-corrected chi connectivity index (χ0v) is 12.5. The zero-order valence-electron chi connectivity index (χ0n) is 11.7. The predicted octanol–water partition coefficient (Wildman–Crippen LogP) is 3.15. The molecule has 2 rings (SSSR count). The van der Waals surface area contributed by atoms with Crippen LogP contribution in [-0.2, 0) is 18.3 Å². The van der Waals surface area contributed by atoms with Crippen molar-refractivity contribution in [3.63, 3.8) is 0 Å².